The van der Waals surface area contributed by atoms with Gasteiger partial charge in [0, 0.05) is 35.8 Å². The van der Waals surface area contributed by atoms with Gasteiger partial charge in [0.1, 0.15) is 5.03 Å². The molecule has 1 aromatic carbocycles. The fraction of sp³-hybridized carbons (Fsp3) is 0.368. The second kappa shape index (κ2) is 9.12. The van der Waals surface area contributed by atoms with Crippen LogP contribution in [-0.2, 0) is 10.2 Å². The molecule has 0 atom stereocenters. The molecule has 0 saturated carbocycles. The zero-order valence-corrected chi connectivity index (χ0v) is 16.9. The van der Waals surface area contributed by atoms with Gasteiger partial charge >= 0.3 is 0 Å². The average molecular weight is 457 g/mol. The van der Waals surface area contributed by atoms with Crippen LogP contribution in [-0.4, -0.2) is 36.4 Å². The summed E-state index contributed by atoms with van der Waals surface area (Å²) < 4.78 is 31.9. The fourth-order valence-corrected chi connectivity index (χ4v) is 4.21. The van der Waals surface area contributed by atoms with Crippen molar-refractivity contribution in [1.29, 1.82) is 0 Å². The number of nitrogens with one attached hydrogen (secondary N) is 1. The molecule has 0 radical (unpaired) electrons. The van der Waals surface area contributed by atoms with Gasteiger partial charge in [-0.15, -0.1) is 0 Å². The van der Waals surface area contributed by atoms with Crippen LogP contribution in [0.25, 0.3) is 0 Å². The van der Waals surface area contributed by atoms with Crippen molar-refractivity contribution < 1.29 is 18.3 Å². The Kier molecular flexibility index (Phi) is 6.83. The summed E-state index contributed by atoms with van der Waals surface area (Å²) in [4.78, 5) is 16.6. The van der Waals surface area contributed by atoms with E-state index in [1.807, 2.05) is 18.2 Å². The van der Waals surface area contributed by atoms with E-state index < -0.39 is 11.7 Å². The molecule has 8 heteroatoms. The van der Waals surface area contributed by atoms with Crippen molar-refractivity contribution in [2.45, 2.75) is 29.0 Å². The molecule has 1 N–H and O–H groups in total. The molecule has 4 nitrogen and oxygen atoms in total. The first-order chi connectivity index (χ1) is 13.0. The molecule has 0 spiro atoms. The monoisotopic (exact) mass is 456 g/mol. The van der Waals surface area contributed by atoms with Gasteiger partial charge in [-0.2, -0.15) is 8.78 Å². The van der Waals surface area contributed by atoms with Crippen LogP contribution >= 0.6 is 27.7 Å². The molecule has 1 saturated heterocycles. The van der Waals surface area contributed by atoms with Gasteiger partial charge in [-0.1, -0.05) is 28.1 Å². The molecule has 1 aromatic heterocycles. The zero-order valence-electron chi connectivity index (χ0n) is 14.5. The van der Waals surface area contributed by atoms with Gasteiger partial charge in [-0.3, -0.25) is 4.79 Å². The number of pyridine rings is 1. The highest BCUT2D eigenvalue weighted by Crippen LogP contribution is 2.35. The molecule has 0 aliphatic carbocycles. The standard InChI is InChI=1S/C19H19BrF2N2O2S/c20-14-4-1-3-13(11-14)19(6-9-26-10-7-19)12-24-16(25)15-5-2-8-23-17(15)27-18(21)22/h1-5,8,11,18H,6-7,9-10,12H2,(H,24,25). The first-order valence-corrected chi connectivity index (χ1v) is 10.2. The number of rotatable bonds is 6. The van der Waals surface area contributed by atoms with Gasteiger partial charge in [-0.05, 0) is 54.4 Å². The van der Waals surface area contributed by atoms with Gasteiger partial charge in [0.05, 0.1) is 5.56 Å². The molecule has 2 aromatic rings. The molecule has 1 amide bonds. The highest BCUT2D eigenvalue weighted by atomic mass is 79.9. The van der Waals surface area contributed by atoms with Gasteiger partial charge in [0.2, 0.25) is 0 Å². The number of thioether (sulfide) groups is 1. The van der Waals surface area contributed by atoms with Crippen LogP contribution < -0.4 is 5.32 Å². The Morgan fingerprint density at radius 2 is 2.07 bits per heavy atom. The molecule has 1 fully saturated rings. The van der Waals surface area contributed by atoms with Crippen LogP contribution in [0.5, 0.6) is 0 Å². The van der Waals surface area contributed by atoms with E-state index in [-0.39, 0.29) is 27.8 Å². The van der Waals surface area contributed by atoms with Crippen molar-refractivity contribution in [3.05, 3.63) is 58.2 Å². The summed E-state index contributed by atoms with van der Waals surface area (Å²) in [5, 5.41) is 2.97. The van der Waals surface area contributed by atoms with Crippen molar-refractivity contribution in [3.8, 4) is 0 Å². The van der Waals surface area contributed by atoms with E-state index in [4.69, 9.17) is 4.74 Å². The highest BCUT2D eigenvalue weighted by Gasteiger charge is 2.35. The largest absolute Gasteiger partial charge is 0.381 e. The van der Waals surface area contributed by atoms with E-state index in [2.05, 4.69) is 32.3 Å². The first kappa shape index (κ1) is 20.2. The predicted octanol–water partition coefficient (Wildman–Crippen LogP) is 4.64. The normalized spacial score (nSPS) is 16.3. The minimum atomic E-state index is -2.63. The summed E-state index contributed by atoms with van der Waals surface area (Å²) in [7, 11) is 0. The Balaban J connectivity index is 1.79. The van der Waals surface area contributed by atoms with Crippen molar-refractivity contribution in [1.82, 2.24) is 10.3 Å². The molecule has 144 valence electrons. The van der Waals surface area contributed by atoms with Crippen LogP contribution in [0.2, 0.25) is 0 Å². The molecular weight excluding hydrogens is 438 g/mol. The molecular formula is C19H19BrF2N2O2S. The lowest BCUT2D eigenvalue weighted by atomic mass is 9.74. The lowest BCUT2D eigenvalue weighted by Gasteiger charge is -2.38. The fourth-order valence-electron chi connectivity index (χ4n) is 3.23. The van der Waals surface area contributed by atoms with E-state index in [9.17, 15) is 13.6 Å². The second-order valence-corrected chi connectivity index (χ2v) is 8.21. The van der Waals surface area contributed by atoms with E-state index >= 15 is 0 Å². The molecule has 3 rings (SSSR count). The van der Waals surface area contributed by atoms with E-state index in [1.165, 1.54) is 12.3 Å². The van der Waals surface area contributed by atoms with Crippen molar-refractivity contribution >= 4 is 33.6 Å². The molecule has 0 bridgehead atoms. The summed E-state index contributed by atoms with van der Waals surface area (Å²) in [6, 6.07) is 11.1. The predicted molar refractivity (Wildman–Crippen MR) is 104 cm³/mol. The summed E-state index contributed by atoms with van der Waals surface area (Å²) >= 11 is 3.78. The number of halogens is 3. The maximum absolute atomic E-state index is 12.7. The number of benzene rings is 1. The summed E-state index contributed by atoms with van der Waals surface area (Å²) in [5.41, 5.74) is 1.03. The molecule has 27 heavy (non-hydrogen) atoms. The van der Waals surface area contributed by atoms with Crippen LogP contribution in [0.3, 0.4) is 0 Å². The Bertz CT molecular complexity index is 801. The summed E-state index contributed by atoms with van der Waals surface area (Å²) in [5.74, 6) is -3.03. The number of hydrogen-bond acceptors (Lipinski definition) is 4. The maximum Gasteiger partial charge on any atom is 0.290 e. The Morgan fingerprint density at radius 3 is 2.78 bits per heavy atom. The SMILES string of the molecule is O=C(NCC1(c2cccc(Br)c2)CCOCC1)c1cccnc1SC(F)F. The van der Waals surface area contributed by atoms with Crippen LogP contribution in [0.15, 0.2) is 52.1 Å². The van der Waals surface area contributed by atoms with Gasteiger partial charge in [0.25, 0.3) is 11.7 Å². The van der Waals surface area contributed by atoms with Crippen molar-refractivity contribution in [2.75, 3.05) is 19.8 Å². The summed E-state index contributed by atoms with van der Waals surface area (Å²) in [6.07, 6.45) is 2.95. The van der Waals surface area contributed by atoms with Crippen LogP contribution in [0.4, 0.5) is 8.78 Å². The Hall–Kier alpha value is -1.51. The number of carbonyl (C=O) groups excluding carboxylic acids is 1. The number of ether oxygens (including phenoxy) is 1. The third-order valence-electron chi connectivity index (χ3n) is 4.69. The quantitative estimate of drug-likeness (QED) is 0.643. The topological polar surface area (TPSA) is 51.2 Å². The zero-order chi connectivity index (χ0) is 19.3. The number of amides is 1. The lowest BCUT2D eigenvalue weighted by molar-refractivity contribution is 0.0486. The van der Waals surface area contributed by atoms with Crippen LogP contribution in [0.1, 0.15) is 28.8 Å². The molecule has 1 aliphatic heterocycles. The molecule has 2 heterocycles. The minimum Gasteiger partial charge on any atom is -0.381 e. The Morgan fingerprint density at radius 1 is 1.30 bits per heavy atom. The van der Waals surface area contributed by atoms with E-state index in [0.717, 1.165) is 22.9 Å². The van der Waals surface area contributed by atoms with Crippen molar-refractivity contribution in [3.63, 3.8) is 0 Å². The van der Waals surface area contributed by atoms with Crippen molar-refractivity contribution in [2.24, 2.45) is 0 Å². The minimum absolute atomic E-state index is 0.0356. The number of alkyl halides is 2. The summed E-state index contributed by atoms with van der Waals surface area (Å²) in [6.45, 7) is 1.63. The van der Waals surface area contributed by atoms with Gasteiger partial charge in [-0.25, -0.2) is 4.98 Å². The van der Waals surface area contributed by atoms with Crippen LogP contribution in [0, 0.1) is 0 Å². The highest BCUT2D eigenvalue weighted by molar-refractivity contribution is 9.10. The Labute approximate surface area is 169 Å². The third-order valence-corrected chi connectivity index (χ3v) is 5.91. The second-order valence-electron chi connectivity index (χ2n) is 6.32. The third kappa shape index (κ3) is 5.06. The first-order valence-electron chi connectivity index (χ1n) is 8.52. The van der Waals surface area contributed by atoms with Gasteiger partial charge in [0.15, 0.2) is 0 Å². The van der Waals surface area contributed by atoms with E-state index in [1.54, 1.807) is 6.07 Å². The molecule has 0 unspecified atom stereocenters. The number of carbonyl (C=O) groups is 1. The smallest absolute Gasteiger partial charge is 0.290 e. The number of nitrogens with zero attached hydrogens (tertiary/aromatic N) is 1. The maximum atomic E-state index is 12.7. The molecule has 1 aliphatic rings. The number of aromatic nitrogens is 1. The van der Waals surface area contributed by atoms with Gasteiger partial charge < -0.3 is 10.1 Å². The average Bonchev–Trinajstić information content (AvgIpc) is 2.67. The van der Waals surface area contributed by atoms with E-state index in [0.29, 0.717) is 19.8 Å². The number of hydrogen-bond donors (Lipinski definition) is 1. The lowest BCUT2D eigenvalue weighted by Crippen LogP contribution is -2.44.